The molecule has 2 rings (SSSR count). The highest BCUT2D eigenvalue weighted by molar-refractivity contribution is 5.15. The highest BCUT2D eigenvalue weighted by Gasteiger charge is 2.45. The number of nitrogens with one attached hydrogen (secondary N) is 1. The van der Waals surface area contributed by atoms with E-state index < -0.39 is 5.54 Å². The highest BCUT2D eigenvalue weighted by Crippen LogP contribution is 2.39. The molecular weight excluding hydrogens is 228 g/mol. The quantitative estimate of drug-likeness (QED) is 0.714. The van der Waals surface area contributed by atoms with Crippen molar-refractivity contribution in [3.63, 3.8) is 0 Å². The molecular formula is C14H24N2O2. The number of rotatable bonds is 8. The summed E-state index contributed by atoms with van der Waals surface area (Å²) in [5.41, 5.74) is -0.449. The standard InChI is InChI=1S/C14H24N2O2/c1-2-6-16-14(10-15,13-3-4-13)11-18-9-12-5-7-17-8-12/h12-13,16H,2-9,11H2,1H3. The fourth-order valence-corrected chi connectivity index (χ4v) is 2.50. The molecule has 4 heteroatoms. The largest absolute Gasteiger partial charge is 0.381 e. The molecule has 1 N–H and O–H groups in total. The fraction of sp³-hybridized carbons (Fsp3) is 0.929. The molecule has 1 aliphatic heterocycles. The third kappa shape index (κ3) is 3.44. The zero-order valence-electron chi connectivity index (χ0n) is 11.3. The molecule has 1 saturated carbocycles. The minimum atomic E-state index is -0.449. The zero-order valence-corrected chi connectivity index (χ0v) is 11.3. The van der Waals surface area contributed by atoms with Crippen LogP contribution in [0.3, 0.4) is 0 Å². The molecule has 1 aliphatic carbocycles. The topological polar surface area (TPSA) is 54.3 Å². The smallest absolute Gasteiger partial charge is 0.133 e. The van der Waals surface area contributed by atoms with Crippen LogP contribution in [0, 0.1) is 23.2 Å². The number of hydrogen-bond donors (Lipinski definition) is 1. The second-order valence-corrected chi connectivity index (χ2v) is 5.53. The van der Waals surface area contributed by atoms with E-state index in [0.29, 0.717) is 18.4 Å². The summed E-state index contributed by atoms with van der Waals surface area (Å²) in [6.45, 7) is 5.92. The Hall–Kier alpha value is -0.630. The van der Waals surface area contributed by atoms with Gasteiger partial charge in [-0.1, -0.05) is 6.92 Å². The van der Waals surface area contributed by atoms with Gasteiger partial charge in [-0.15, -0.1) is 0 Å². The average molecular weight is 252 g/mol. The second kappa shape index (κ2) is 6.51. The minimum Gasteiger partial charge on any atom is -0.381 e. The molecule has 2 atom stereocenters. The van der Waals surface area contributed by atoms with E-state index >= 15 is 0 Å². The van der Waals surface area contributed by atoms with E-state index in [4.69, 9.17) is 9.47 Å². The monoisotopic (exact) mass is 252 g/mol. The fourth-order valence-electron chi connectivity index (χ4n) is 2.50. The molecule has 2 aliphatic rings. The van der Waals surface area contributed by atoms with Crippen LogP contribution in [0.2, 0.25) is 0 Å². The van der Waals surface area contributed by atoms with Gasteiger partial charge >= 0.3 is 0 Å². The Labute approximate surface area is 110 Å². The molecule has 0 bridgehead atoms. The first kappa shape index (κ1) is 13.8. The van der Waals surface area contributed by atoms with Gasteiger partial charge in [0.2, 0.25) is 0 Å². The molecule has 4 nitrogen and oxygen atoms in total. The van der Waals surface area contributed by atoms with Gasteiger partial charge in [-0.3, -0.25) is 5.32 Å². The predicted octanol–water partition coefficient (Wildman–Crippen LogP) is 1.71. The van der Waals surface area contributed by atoms with Crippen LogP contribution in [0.5, 0.6) is 0 Å². The Balaban J connectivity index is 1.78. The van der Waals surface area contributed by atoms with Crippen molar-refractivity contribution >= 4 is 0 Å². The summed E-state index contributed by atoms with van der Waals surface area (Å²) in [4.78, 5) is 0. The molecule has 18 heavy (non-hydrogen) atoms. The summed E-state index contributed by atoms with van der Waals surface area (Å²) in [5.74, 6) is 1.00. The van der Waals surface area contributed by atoms with Gasteiger partial charge in [-0.05, 0) is 38.1 Å². The zero-order chi connectivity index (χ0) is 12.8. The van der Waals surface area contributed by atoms with E-state index in [1.165, 1.54) is 0 Å². The van der Waals surface area contributed by atoms with Gasteiger partial charge in [0, 0.05) is 12.5 Å². The van der Waals surface area contributed by atoms with Crippen molar-refractivity contribution < 1.29 is 9.47 Å². The van der Waals surface area contributed by atoms with Crippen LogP contribution in [0.15, 0.2) is 0 Å². The Bertz CT molecular complexity index is 293. The van der Waals surface area contributed by atoms with E-state index in [1.54, 1.807) is 0 Å². The molecule has 2 unspecified atom stereocenters. The molecule has 0 amide bonds. The maximum atomic E-state index is 9.49. The number of hydrogen-bond acceptors (Lipinski definition) is 4. The molecule has 0 aromatic carbocycles. The normalized spacial score (nSPS) is 26.8. The van der Waals surface area contributed by atoms with Crippen LogP contribution in [0.4, 0.5) is 0 Å². The SMILES string of the molecule is CCCNC(C#N)(COCC1CCOC1)C1CC1. The van der Waals surface area contributed by atoms with Crippen molar-refractivity contribution in [1.82, 2.24) is 5.32 Å². The molecule has 0 spiro atoms. The second-order valence-electron chi connectivity index (χ2n) is 5.53. The maximum Gasteiger partial charge on any atom is 0.133 e. The van der Waals surface area contributed by atoms with E-state index in [9.17, 15) is 5.26 Å². The lowest BCUT2D eigenvalue weighted by Crippen LogP contribution is -2.50. The van der Waals surface area contributed by atoms with Crippen LogP contribution in [0.25, 0.3) is 0 Å². The van der Waals surface area contributed by atoms with Gasteiger partial charge in [0.15, 0.2) is 0 Å². The molecule has 0 aromatic rings. The van der Waals surface area contributed by atoms with Crippen LogP contribution in [0.1, 0.15) is 32.6 Å². The highest BCUT2D eigenvalue weighted by atomic mass is 16.5. The lowest BCUT2D eigenvalue weighted by atomic mass is 9.96. The minimum absolute atomic E-state index is 0.449. The summed E-state index contributed by atoms with van der Waals surface area (Å²) in [6.07, 6.45) is 4.44. The maximum absolute atomic E-state index is 9.49. The Morgan fingerprint density at radius 2 is 2.28 bits per heavy atom. The predicted molar refractivity (Wildman–Crippen MR) is 69.1 cm³/mol. The van der Waals surface area contributed by atoms with Crippen LogP contribution in [-0.4, -0.2) is 38.5 Å². The molecule has 0 aromatic heterocycles. The van der Waals surface area contributed by atoms with Crippen LogP contribution >= 0.6 is 0 Å². The summed E-state index contributed by atoms with van der Waals surface area (Å²) in [7, 11) is 0. The first-order chi connectivity index (χ1) is 8.80. The molecule has 1 heterocycles. The lowest BCUT2D eigenvalue weighted by molar-refractivity contribution is 0.0525. The molecule has 102 valence electrons. The van der Waals surface area contributed by atoms with Gasteiger partial charge in [0.25, 0.3) is 0 Å². The third-order valence-corrected chi connectivity index (χ3v) is 3.87. The Kier molecular flexibility index (Phi) is 4.99. The van der Waals surface area contributed by atoms with Crippen molar-refractivity contribution in [2.24, 2.45) is 11.8 Å². The molecule has 1 saturated heterocycles. The van der Waals surface area contributed by atoms with Gasteiger partial charge in [0.05, 0.1) is 25.9 Å². The van der Waals surface area contributed by atoms with Crippen molar-refractivity contribution in [2.75, 3.05) is 33.0 Å². The van der Waals surface area contributed by atoms with Gasteiger partial charge in [-0.2, -0.15) is 5.26 Å². The molecule has 2 fully saturated rings. The first-order valence-electron chi connectivity index (χ1n) is 7.12. The summed E-state index contributed by atoms with van der Waals surface area (Å²) in [6, 6.07) is 2.47. The Morgan fingerprint density at radius 1 is 1.44 bits per heavy atom. The average Bonchev–Trinajstić information content (AvgIpc) is 3.12. The van der Waals surface area contributed by atoms with Crippen molar-refractivity contribution in [3.8, 4) is 6.07 Å². The lowest BCUT2D eigenvalue weighted by Gasteiger charge is -2.28. The molecule has 0 radical (unpaired) electrons. The van der Waals surface area contributed by atoms with Crippen molar-refractivity contribution in [2.45, 2.75) is 38.1 Å². The van der Waals surface area contributed by atoms with Gasteiger partial charge in [0.1, 0.15) is 5.54 Å². The number of nitrogens with zero attached hydrogens (tertiary/aromatic N) is 1. The van der Waals surface area contributed by atoms with E-state index in [1.807, 2.05) is 0 Å². The van der Waals surface area contributed by atoms with Crippen molar-refractivity contribution in [1.29, 1.82) is 5.26 Å². The van der Waals surface area contributed by atoms with Gasteiger partial charge in [-0.25, -0.2) is 0 Å². The summed E-state index contributed by atoms with van der Waals surface area (Å²) >= 11 is 0. The van der Waals surface area contributed by atoms with Crippen molar-refractivity contribution in [3.05, 3.63) is 0 Å². The number of nitriles is 1. The summed E-state index contributed by atoms with van der Waals surface area (Å²) < 4.78 is 11.1. The van der Waals surface area contributed by atoms with E-state index in [0.717, 1.165) is 52.0 Å². The third-order valence-electron chi connectivity index (χ3n) is 3.87. The van der Waals surface area contributed by atoms with Gasteiger partial charge < -0.3 is 9.47 Å². The number of ether oxygens (including phenoxy) is 2. The van der Waals surface area contributed by atoms with Crippen LogP contribution in [-0.2, 0) is 9.47 Å². The first-order valence-corrected chi connectivity index (χ1v) is 7.12. The Morgan fingerprint density at radius 3 is 2.83 bits per heavy atom. The van der Waals surface area contributed by atoms with E-state index in [2.05, 4.69) is 18.3 Å². The van der Waals surface area contributed by atoms with E-state index in [-0.39, 0.29) is 0 Å². The van der Waals surface area contributed by atoms with Crippen LogP contribution < -0.4 is 5.32 Å². The summed E-state index contributed by atoms with van der Waals surface area (Å²) in [5, 5.41) is 12.9.